The minimum absolute atomic E-state index is 0.0476. The highest BCUT2D eigenvalue weighted by molar-refractivity contribution is 6.40. The van der Waals surface area contributed by atoms with Crippen LogP contribution in [0.25, 0.3) is 10.9 Å². The Morgan fingerprint density at radius 1 is 1.04 bits per heavy atom. The minimum atomic E-state index is -1.26. The number of para-hydroxylation sites is 1. The van der Waals surface area contributed by atoms with Gasteiger partial charge in [0.2, 0.25) is 0 Å². The number of hydrogen-bond donors (Lipinski definition) is 3. The largest absolute Gasteiger partial charge is 0.386 e. The molecule has 0 radical (unpaired) electrons. The number of carbonyl (C=O) groups excluding carboxylic acids is 2. The lowest BCUT2D eigenvalue weighted by Gasteiger charge is -2.13. The zero-order valence-electron chi connectivity index (χ0n) is 13.6. The van der Waals surface area contributed by atoms with Gasteiger partial charge in [-0.3, -0.25) is 14.6 Å². The van der Waals surface area contributed by atoms with Gasteiger partial charge >= 0.3 is 11.8 Å². The molecular weight excluding hydrogens is 337 g/mol. The summed E-state index contributed by atoms with van der Waals surface area (Å²) in [7, 11) is 0. The standard InChI is InChI=1S/C19H16FN3O3/c20-14-8-2-1-7-13(14)16(24)11-22-18(25)19(26)23-15-9-3-5-12-6-4-10-21-17(12)15/h1-10,16,24H,11H2,(H,22,25)(H,23,26). The Morgan fingerprint density at radius 3 is 2.62 bits per heavy atom. The van der Waals surface area contributed by atoms with Gasteiger partial charge in [0, 0.05) is 23.7 Å². The summed E-state index contributed by atoms with van der Waals surface area (Å²) >= 11 is 0. The van der Waals surface area contributed by atoms with Crippen molar-refractivity contribution >= 4 is 28.4 Å². The van der Waals surface area contributed by atoms with Crippen molar-refractivity contribution in [3.63, 3.8) is 0 Å². The number of fused-ring (bicyclic) bond motifs is 1. The maximum Gasteiger partial charge on any atom is 0.313 e. The van der Waals surface area contributed by atoms with E-state index in [9.17, 15) is 19.1 Å². The summed E-state index contributed by atoms with van der Waals surface area (Å²) in [5.41, 5.74) is 1.01. The second kappa shape index (κ2) is 7.71. The monoisotopic (exact) mass is 353 g/mol. The number of hydrogen-bond acceptors (Lipinski definition) is 4. The number of pyridine rings is 1. The molecule has 3 aromatic rings. The first-order valence-electron chi connectivity index (χ1n) is 7.91. The molecule has 0 aliphatic heterocycles. The van der Waals surface area contributed by atoms with E-state index < -0.39 is 23.7 Å². The quantitative estimate of drug-likeness (QED) is 0.627. The van der Waals surface area contributed by atoms with Crippen LogP contribution in [0.2, 0.25) is 0 Å². The Balaban J connectivity index is 1.63. The van der Waals surface area contributed by atoms with Crippen LogP contribution < -0.4 is 10.6 Å². The summed E-state index contributed by atoms with van der Waals surface area (Å²) in [6.45, 7) is -0.291. The molecule has 2 aromatic carbocycles. The predicted molar refractivity (Wildman–Crippen MR) is 94.7 cm³/mol. The number of nitrogens with one attached hydrogen (secondary N) is 2. The zero-order valence-corrected chi connectivity index (χ0v) is 13.6. The van der Waals surface area contributed by atoms with Crippen LogP contribution in [0, 0.1) is 5.82 Å². The zero-order chi connectivity index (χ0) is 18.5. The van der Waals surface area contributed by atoms with E-state index in [-0.39, 0.29) is 12.1 Å². The number of carbonyl (C=O) groups is 2. The number of aliphatic hydroxyl groups excluding tert-OH is 1. The Hall–Kier alpha value is -3.32. The van der Waals surface area contributed by atoms with Crippen molar-refractivity contribution in [2.24, 2.45) is 0 Å². The van der Waals surface area contributed by atoms with Gasteiger partial charge in [-0.25, -0.2) is 4.39 Å². The van der Waals surface area contributed by atoms with Crippen molar-refractivity contribution < 1.29 is 19.1 Å². The molecule has 1 heterocycles. The molecular formula is C19H16FN3O3. The van der Waals surface area contributed by atoms with Crippen LogP contribution in [-0.2, 0) is 9.59 Å². The Kier molecular flexibility index (Phi) is 5.19. The van der Waals surface area contributed by atoms with Crippen molar-refractivity contribution in [2.75, 3.05) is 11.9 Å². The van der Waals surface area contributed by atoms with Gasteiger partial charge in [0.1, 0.15) is 5.82 Å². The van der Waals surface area contributed by atoms with Crippen molar-refractivity contribution in [3.05, 3.63) is 72.2 Å². The molecule has 3 rings (SSSR count). The average molecular weight is 353 g/mol. The van der Waals surface area contributed by atoms with Gasteiger partial charge in [0.15, 0.2) is 0 Å². The van der Waals surface area contributed by atoms with E-state index in [4.69, 9.17) is 0 Å². The molecule has 7 heteroatoms. The van der Waals surface area contributed by atoms with Crippen LogP contribution in [0.3, 0.4) is 0 Å². The lowest BCUT2D eigenvalue weighted by atomic mass is 10.1. The van der Waals surface area contributed by atoms with Crippen molar-refractivity contribution in [1.29, 1.82) is 0 Å². The Bertz CT molecular complexity index is 956. The molecule has 26 heavy (non-hydrogen) atoms. The molecule has 6 nitrogen and oxygen atoms in total. The summed E-state index contributed by atoms with van der Waals surface area (Å²) < 4.78 is 13.6. The maximum absolute atomic E-state index is 13.6. The molecule has 0 aliphatic rings. The Labute approximate surface area is 148 Å². The summed E-state index contributed by atoms with van der Waals surface area (Å²) in [4.78, 5) is 28.2. The van der Waals surface area contributed by atoms with Crippen LogP contribution in [-0.4, -0.2) is 28.4 Å². The van der Waals surface area contributed by atoms with E-state index in [0.717, 1.165) is 5.39 Å². The topological polar surface area (TPSA) is 91.3 Å². The van der Waals surface area contributed by atoms with Gasteiger partial charge < -0.3 is 15.7 Å². The number of anilines is 1. The van der Waals surface area contributed by atoms with Gasteiger partial charge in [-0.15, -0.1) is 0 Å². The smallest absolute Gasteiger partial charge is 0.313 e. The number of aromatic nitrogens is 1. The summed E-state index contributed by atoms with van der Waals surface area (Å²) in [5.74, 6) is -2.42. The van der Waals surface area contributed by atoms with E-state index in [1.54, 1.807) is 30.5 Å². The van der Waals surface area contributed by atoms with Gasteiger partial charge in [0.25, 0.3) is 0 Å². The predicted octanol–water partition coefficient (Wildman–Crippen LogP) is 2.16. The molecule has 1 atom stereocenters. The van der Waals surface area contributed by atoms with Gasteiger partial charge in [-0.1, -0.05) is 36.4 Å². The van der Waals surface area contributed by atoms with Gasteiger partial charge in [-0.2, -0.15) is 0 Å². The lowest BCUT2D eigenvalue weighted by Crippen LogP contribution is -2.37. The van der Waals surface area contributed by atoms with Gasteiger partial charge in [0.05, 0.1) is 17.3 Å². The second-order valence-corrected chi connectivity index (χ2v) is 5.58. The molecule has 3 N–H and O–H groups in total. The van der Waals surface area contributed by atoms with Crippen LogP contribution in [0.4, 0.5) is 10.1 Å². The van der Waals surface area contributed by atoms with Crippen LogP contribution in [0.5, 0.6) is 0 Å². The molecule has 0 saturated heterocycles. The third-order valence-electron chi connectivity index (χ3n) is 3.81. The molecule has 0 saturated carbocycles. The van der Waals surface area contributed by atoms with E-state index in [1.165, 1.54) is 18.2 Å². The van der Waals surface area contributed by atoms with E-state index in [2.05, 4.69) is 15.6 Å². The number of nitrogens with zero attached hydrogens (tertiary/aromatic N) is 1. The van der Waals surface area contributed by atoms with Gasteiger partial charge in [-0.05, 0) is 18.2 Å². The van der Waals surface area contributed by atoms with Crippen molar-refractivity contribution in [1.82, 2.24) is 10.3 Å². The molecule has 1 unspecified atom stereocenters. The summed E-state index contributed by atoms with van der Waals surface area (Å²) in [6, 6.07) is 14.5. The number of benzene rings is 2. The second-order valence-electron chi connectivity index (χ2n) is 5.58. The number of amides is 2. The fourth-order valence-corrected chi connectivity index (χ4v) is 2.51. The molecule has 1 aromatic heterocycles. The Morgan fingerprint density at radius 2 is 1.81 bits per heavy atom. The number of halogens is 1. The molecule has 2 amide bonds. The number of rotatable bonds is 4. The van der Waals surface area contributed by atoms with Crippen LogP contribution >= 0.6 is 0 Å². The lowest BCUT2D eigenvalue weighted by molar-refractivity contribution is -0.136. The summed E-state index contributed by atoms with van der Waals surface area (Å²) in [6.07, 6.45) is 0.329. The molecule has 0 fully saturated rings. The highest BCUT2D eigenvalue weighted by Gasteiger charge is 2.18. The third kappa shape index (κ3) is 3.84. The SMILES string of the molecule is O=C(NCC(O)c1ccccc1F)C(=O)Nc1cccc2cccnc12. The molecule has 132 valence electrons. The average Bonchev–Trinajstić information content (AvgIpc) is 2.66. The minimum Gasteiger partial charge on any atom is -0.386 e. The maximum atomic E-state index is 13.6. The van der Waals surface area contributed by atoms with Crippen LogP contribution in [0.1, 0.15) is 11.7 Å². The fraction of sp³-hybridized carbons (Fsp3) is 0.105. The first kappa shape index (κ1) is 17.5. The van der Waals surface area contributed by atoms with Crippen molar-refractivity contribution in [2.45, 2.75) is 6.10 Å². The van der Waals surface area contributed by atoms with Crippen LogP contribution in [0.15, 0.2) is 60.8 Å². The van der Waals surface area contributed by atoms with E-state index >= 15 is 0 Å². The summed E-state index contributed by atoms with van der Waals surface area (Å²) in [5, 5.41) is 15.6. The first-order valence-corrected chi connectivity index (χ1v) is 7.91. The molecule has 0 bridgehead atoms. The van der Waals surface area contributed by atoms with Crippen molar-refractivity contribution in [3.8, 4) is 0 Å². The molecule has 0 aliphatic carbocycles. The first-order chi connectivity index (χ1) is 12.6. The molecule has 0 spiro atoms. The van der Waals surface area contributed by atoms with E-state index in [0.29, 0.717) is 11.2 Å². The highest BCUT2D eigenvalue weighted by Crippen LogP contribution is 2.20. The normalized spacial score (nSPS) is 11.8. The highest BCUT2D eigenvalue weighted by atomic mass is 19.1. The third-order valence-corrected chi connectivity index (χ3v) is 3.81. The fourth-order valence-electron chi connectivity index (χ4n) is 2.51. The number of aliphatic hydroxyl groups is 1. The van der Waals surface area contributed by atoms with E-state index in [1.807, 2.05) is 12.1 Å².